The Morgan fingerprint density at radius 2 is 1.90 bits per heavy atom. The molecule has 0 bridgehead atoms. The summed E-state index contributed by atoms with van der Waals surface area (Å²) in [6.45, 7) is 4.86. The fraction of sp³-hybridized carbons (Fsp3) is 0.524. The molecule has 8 heteroatoms. The molecule has 4 rings (SSSR count). The van der Waals surface area contributed by atoms with Crippen molar-refractivity contribution in [1.29, 1.82) is 0 Å². The average Bonchev–Trinajstić information content (AvgIpc) is 2.90. The molecule has 0 aromatic heterocycles. The quantitative estimate of drug-likeness (QED) is 0.747. The van der Waals surface area contributed by atoms with E-state index in [1.165, 1.54) is 4.90 Å². The van der Waals surface area contributed by atoms with Crippen molar-refractivity contribution in [2.24, 2.45) is 5.92 Å². The monoisotopic (exact) mass is 398 g/mol. The first-order chi connectivity index (χ1) is 13.7. The van der Waals surface area contributed by atoms with Crippen LogP contribution in [0.2, 0.25) is 0 Å². The van der Waals surface area contributed by atoms with Crippen LogP contribution in [0.3, 0.4) is 0 Å². The van der Waals surface area contributed by atoms with Crippen LogP contribution in [0.25, 0.3) is 0 Å². The van der Waals surface area contributed by atoms with Gasteiger partial charge in [-0.05, 0) is 44.7 Å². The van der Waals surface area contributed by atoms with Gasteiger partial charge in [0, 0.05) is 0 Å². The number of carbonyl (C=O) groups is 4. The summed E-state index contributed by atoms with van der Waals surface area (Å²) in [6, 6.07) is 6.47. The number of carbonyl (C=O) groups excluding carboxylic acids is 4. The highest BCUT2D eigenvalue weighted by Crippen LogP contribution is 2.39. The van der Waals surface area contributed by atoms with Gasteiger partial charge in [0.2, 0.25) is 11.8 Å². The molecule has 3 aliphatic rings. The molecule has 2 N–H and O–H groups in total. The Bertz CT molecular complexity index is 912. The van der Waals surface area contributed by atoms with E-state index >= 15 is 0 Å². The summed E-state index contributed by atoms with van der Waals surface area (Å²) in [6.07, 6.45) is 3.34. The Morgan fingerprint density at radius 3 is 2.62 bits per heavy atom. The molecule has 2 aliphatic heterocycles. The van der Waals surface area contributed by atoms with Gasteiger partial charge in [-0.3, -0.25) is 24.2 Å². The molecule has 29 heavy (non-hydrogen) atoms. The minimum Gasteiger partial charge on any atom is -0.323 e. The number of rotatable bonds is 2. The van der Waals surface area contributed by atoms with Crippen molar-refractivity contribution in [1.82, 2.24) is 10.2 Å². The lowest BCUT2D eigenvalue weighted by Gasteiger charge is -2.42. The number of para-hydroxylation sites is 2. The second-order valence-electron chi connectivity index (χ2n) is 8.70. The maximum Gasteiger partial charge on any atom is 0.325 e. The van der Waals surface area contributed by atoms with Crippen molar-refractivity contribution in [2.75, 3.05) is 16.8 Å². The molecule has 0 unspecified atom stereocenters. The van der Waals surface area contributed by atoms with Crippen LogP contribution < -0.4 is 15.5 Å². The van der Waals surface area contributed by atoms with Gasteiger partial charge < -0.3 is 10.6 Å². The van der Waals surface area contributed by atoms with Gasteiger partial charge in [0.15, 0.2) is 0 Å². The number of amides is 5. The second kappa shape index (κ2) is 6.57. The molecular formula is C21H26N4O4. The fourth-order valence-electron chi connectivity index (χ4n) is 4.74. The SMILES string of the molecule is C[C@@H]1CCCC[C@@]12NC(=O)N(CC(=O)N1c3ccccc3NC(=O)C1(C)C)C2=O. The van der Waals surface area contributed by atoms with E-state index in [-0.39, 0.29) is 17.7 Å². The van der Waals surface area contributed by atoms with E-state index in [0.717, 1.165) is 24.2 Å². The molecule has 1 spiro atoms. The first-order valence-electron chi connectivity index (χ1n) is 10.1. The number of hydrogen-bond donors (Lipinski definition) is 2. The Morgan fingerprint density at radius 1 is 1.17 bits per heavy atom. The molecule has 0 radical (unpaired) electrons. The summed E-state index contributed by atoms with van der Waals surface area (Å²) >= 11 is 0. The third kappa shape index (κ3) is 2.81. The summed E-state index contributed by atoms with van der Waals surface area (Å²) in [5.74, 6) is -1.11. The Kier molecular flexibility index (Phi) is 4.40. The molecule has 2 atom stereocenters. The highest BCUT2D eigenvalue weighted by Gasteiger charge is 2.56. The van der Waals surface area contributed by atoms with Crippen LogP contribution in [0.4, 0.5) is 16.2 Å². The fourth-order valence-corrected chi connectivity index (χ4v) is 4.74. The van der Waals surface area contributed by atoms with Crippen LogP contribution in [-0.4, -0.2) is 46.3 Å². The zero-order chi connectivity index (χ0) is 21.0. The van der Waals surface area contributed by atoms with E-state index < -0.39 is 29.6 Å². The molecule has 8 nitrogen and oxygen atoms in total. The van der Waals surface area contributed by atoms with Crippen molar-refractivity contribution in [3.63, 3.8) is 0 Å². The van der Waals surface area contributed by atoms with E-state index in [9.17, 15) is 19.2 Å². The zero-order valence-corrected chi connectivity index (χ0v) is 16.9. The highest BCUT2D eigenvalue weighted by molar-refractivity contribution is 6.16. The summed E-state index contributed by atoms with van der Waals surface area (Å²) in [5.41, 5.74) is -0.988. The number of nitrogens with one attached hydrogen (secondary N) is 2. The van der Waals surface area contributed by atoms with Gasteiger partial charge in [0.05, 0.1) is 11.4 Å². The van der Waals surface area contributed by atoms with Gasteiger partial charge in [-0.1, -0.05) is 31.9 Å². The normalized spacial score (nSPS) is 28.2. The van der Waals surface area contributed by atoms with Gasteiger partial charge >= 0.3 is 6.03 Å². The van der Waals surface area contributed by atoms with E-state index in [1.807, 2.05) is 6.92 Å². The molecule has 1 aromatic carbocycles. The van der Waals surface area contributed by atoms with Crippen LogP contribution in [-0.2, 0) is 14.4 Å². The smallest absolute Gasteiger partial charge is 0.323 e. The Balaban J connectivity index is 1.63. The minimum absolute atomic E-state index is 0.0192. The summed E-state index contributed by atoms with van der Waals surface area (Å²) in [5, 5.41) is 5.67. The average molecular weight is 398 g/mol. The molecular weight excluding hydrogens is 372 g/mol. The van der Waals surface area contributed by atoms with Crippen molar-refractivity contribution >= 4 is 35.1 Å². The number of benzene rings is 1. The van der Waals surface area contributed by atoms with Crippen molar-refractivity contribution < 1.29 is 19.2 Å². The predicted molar refractivity (Wildman–Crippen MR) is 107 cm³/mol. The molecule has 1 saturated carbocycles. The van der Waals surface area contributed by atoms with E-state index in [0.29, 0.717) is 17.8 Å². The molecule has 1 aliphatic carbocycles. The summed E-state index contributed by atoms with van der Waals surface area (Å²) < 4.78 is 0. The second-order valence-corrected chi connectivity index (χ2v) is 8.70. The number of urea groups is 1. The van der Waals surface area contributed by atoms with Gasteiger partial charge in [0.25, 0.3) is 5.91 Å². The van der Waals surface area contributed by atoms with E-state index in [4.69, 9.17) is 0 Å². The van der Waals surface area contributed by atoms with Crippen molar-refractivity contribution in [2.45, 2.75) is 57.5 Å². The Labute approximate surface area is 169 Å². The van der Waals surface area contributed by atoms with E-state index in [2.05, 4.69) is 10.6 Å². The molecule has 154 valence electrons. The first-order valence-corrected chi connectivity index (χ1v) is 10.1. The van der Waals surface area contributed by atoms with Gasteiger partial charge in [-0.15, -0.1) is 0 Å². The van der Waals surface area contributed by atoms with Crippen LogP contribution >= 0.6 is 0 Å². The van der Waals surface area contributed by atoms with Crippen molar-refractivity contribution in [3.8, 4) is 0 Å². The molecule has 5 amide bonds. The summed E-state index contributed by atoms with van der Waals surface area (Å²) in [4.78, 5) is 54.1. The standard InChI is InChI=1S/C21H26N4O4/c1-13-8-6-7-11-21(13)18(28)24(19(29)23-21)12-16(26)25-15-10-5-4-9-14(15)22-17(27)20(25,2)3/h4-5,9-10,13H,6-8,11-12H2,1-3H3,(H,22,27)(H,23,29)/t13-,21-/m1/s1. The van der Waals surface area contributed by atoms with Crippen LogP contribution in [0, 0.1) is 5.92 Å². The minimum atomic E-state index is -1.15. The predicted octanol–water partition coefficient (Wildman–Crippen LogP) is 2.25. The third-order valence-corrected chi connectivity index (χ3v) is 6.55. The molecule has 2 fully saturated rings. The maximum absolute atomic E-state index is 13.3. The lowest BCUT2D eigenvalue weighted by Crippen LogP contribution is -2.60. The zero-order valence-electron chi connectivity index (χ0n) is 16.9. The van der Waals surface area contributed by atoms with Gasteiger partial charge in [-0.2, -0.15) is 0 Å². The first kappa shape index (κ1) is 19.4. The topological polar surface area (TPSA) is 98.8 Å². The summed E-state index contributed by atoms with van der Waals surface area (Å²) in [7, 11) is 0. The number of imide groups is 1. The molecule has 1 saturated heterocycles. The molecule has 1 aromatic rings. The van der Waals surface area contributed by atoms with Crippen LogP contribution in [0.15, 0.2) is 24.3 Å². The highest BCUT2D eigenvalue weighted by atomic mass is 16.2. The number of anilines is 2. The number of fused-ring (bicyclic) bond motifs is 1. The van der Waals surface area contributed by atoms with Gasteiger partial charge in [0.1, 0.15) is 17.6 Å². The van der Waals surface area contributed by atoms with Crippen molar-refractivity contribution in [3.05, 3.63) is 24.3 Å². The number of nitrogens with zero attached hydrogens (tertiary/aromatic N) is 2. The third-order valence-electron chi connectivity index (χ3n) is 6.55. The largest absolute Gasteiger partial charge is 0.325 e. The molecule has 2 heterocycles. The van der Waals surface area contributed by atoms with E-state index in [1.54, 1.807) is 38.1 Å². The Hall–Kier alpha value is -2.90. The maximum atomic E-state index is 13.3. The lowest BCUT2D eigenvalue weighted by atomic mass is 9.73. The van der Waals surface area contributed by atoms with Crippen LogP contribution in [0.1, 0.15) is 46.5 Å². The van der Waals surface area contributed by atoms with Gasteiger partial charge in [-0.25, -0.2) is 4.79 Å². The lowest BCUT2D eigenvalue weighted by molar-refractivity contribution is -0.137. The number of hydrogen-bond acceptors (Lipinski definition) is 4. The van der Waals surface area contributed by atoms with Crippen LogP contribution in [0.5, 0.6) is 0 Å².